The molecule has 1 fully saturated rings. The van der Waals surface area contributed by atoms with Gasteiger partial charge in [-0.2, -0.15) is 5.10 Å². The fraction of sp³-hybridized carbons (Fsp3) is 0.458. The topological polar surface area (TPSA) is 80.0 Å². The molecule has 0 unspecified atom stereocenters. The molecule has 1 aromatic carbocycles. The molecule has 1 N–H and O–H groups in total. The normalized spacial score (nSPS) is 22.6. The number of aryl methyl sites for hydroxylation is 2. The summed E-state index contributed by atoms with van der Waals surface area (Å²) in [7, 11) is 0. The van der Waals surface area contributed by atoms with Crippen molar-refractivity contribution in [3.05, 3.63) is 57.2 Å². The summed E-state index contributed by atoms with van der Waals surface area (Å²) < 4.78 is 21.8. The van der Waals surface area contributed by atoms with Crippen LogP contribution in [0.5, 0.6) is 5.75 Å². The number of ether oxygens (including phenoxy) is 1. The molecule has 0 spiro atoms. The molecule has 1 aliphatic carbocycles. The molecule has 9 heteroatoms. The van der Waals surface area contributed by atoms with Gasteiger partial charge in [-0.3, -0.25) is 4.79 Å². The lowest BCUT2D eigenvalue weighted by molar-refractivity contribution is -0.0111. The maximum Gasteiger partial charge on any atom is 0.258 e. The van der Waals surface area contributed by atoms with Crippen LogP contribution in [0.15, 0.2) is 18.2 Å². The second-order valence-electron chi connectivity index (χ2n) is 9.37. The fourth-order valence-electron chi connectivity index (χ4n) is 4.71. The van der Waals surface area contributed by atoms with E-state index in [9.17, 15) is 14.3 Å². The zero-order valence-corrected chi connectivity index (χ0v) is 19.6. The van der Waals surface area contributed by atoms with E-state index in [0.717, 1.165) is 22.6 Å². The highest BCUT2D eigenvalue weighted by Crippen LogP contribution is 2.34. The van der Waals surface area contributed by atoms with Crippen molar-refractivity contribution in [3.63, 3.8) is 0 Å². The molecule has 174 valence electrons. The number of hydrogen-bond acceptors (Lipinski definition) is 5. The van der Waals surface area contributed by atoms with Gasteiger partial charge in [0, 0.05) is 11.6 Å². The van der Waals surface area contributed by atoms with Gasteiger partial charge < -0.3 is 14.7 Å². The third kappa shape index (κ3) is 3.95. The Kier molecular flexibility index (Phi) is 5.33. The number of carbonyl (C=O) groups excluding carboxylic acids is 1. The molecule has 3 aromatic rings. The molecule has 5 rings (SSSR count). The van der Waals surface area contributed by atoms with Crippen molar-refractivity contribution >= 4 is 23.2 Å². The Morgan fingerprint density at radius 1 is 1.27 bits per heavy atom. The van der Waals surface area contributed by atoms with Gasteiger partial charge in [0.1, 0.15) is 11.6 Å². The molecule has 0 radical (unpaired) electrons. The minimum atomic E-state index is -0.699. The summed E-state index contributed by atoms with van der Waals surface area (Å²) in [5.41, 5.74) is 3.52. The summed E-state index contributed by atoms with van der Waals surface area (Å²) in [4.78, 5) is 19.7. The minimum absolute atomic E-state index is 0.168. The van der Waals surface area contributed by atoms with Gasteiger partial charge in [0.15, 0.2) is 5.65 Å². The van der Waals surface area contributed by atoms with Crippen LogP contribution in [0, 0.1) is 19.7 Å². The van der Waals surface area contributed by atoms with Gasteiger partial charge in [-0.25, -0.2) is 13.9 Å². The van der Waals surface area contributed by atoms with Crippen molar-refractivity contribution in [1.29, 1.82) is 0 Å². The molecule has 7 nitrogen and oxygen atoms in total. The number of nitrogens with zero attached hydrogens (tertiary/aromatic N) is 4. The highest BCUT2D eigenvalue weighted by atomic mass is 35.5. The number of aliphatic hydroxyl groups is 1. The Morgan fingerprint density at radius 2 is 2.00 bits per heavy atom. The number of fused-ring (bicyclic) bond motifs is 3. The van der Waals surface area contributed by atoms with Crippen molar-refractivity contribution in [2.45, 2.75) is 71.2 Å². The summed E-state index contributed by atoms with van der Waals surface area (Å²) in [5.74, 6) is -0.466. The number of benzene rings is 1. The van der Waals surface area contributed by atoms with E-state index >= 15 is 0 Å². The van der Waals surface area contributed by atoms with E-state index in [1.165, 1.54) is 18.2 Å². The third-order valence-corrected chi connectivity index (χ3v) is 7.27. The van der Waals surface area contributed by atoms with Crippen molar-refractivity contribution < 1.29 is 19.0 Å². The number of rotatable bonds is 3. The number of hydrogen-bond donors (Lipinski definition) is 1. The van der Waals surface area contributed by atoms with Gasteiger partial charge in [-0.15, -0.1) is 0 Å². The van der Waals surface area contributed by atoms with Crippen molar-refractivity contribution in [1.82, 2.24) is 19.5 Å². The quantitative estimate of drug-likeness (QED) is 0.612. The zero-order chi connectivity index (χ0) is 23.5. The Labute approximate surface area is 196 Å². The van der Waals surface area contributed by atoms with E-state index in [2.05, 4.69) is 10.1 Å². The first-order valence-corrected chi connectivity index (χ1v) is 11.5. The average molecular weight is 473 g/mol. The van der Waals surface area contributed by atoms with Gasteiger partial charge in [0.25, 0.3) is 5.91 Å². The van der Waals surface area contributed by atoms with Crippen LogP contribution >= 0.6 is 11.6 Å². The van der Waals surface area contributed by atoms with Crippen molar-refractivity contribution in [2.75, 3.05) is 0 Å². The van der Waals surface area contributed by atoms with E-state index in [1.807, 2.05) is 20.8 Å². The van der Waals surface area contributed by atoms with Crippen LogP contribution in [0.4, 0.5) is 4.39 Å². The van der Waals surface area contributed by atoms with Crippen LogP contribution in [0.1, 0.15) is 65.6 Å². The standard InChI is InChI=1S/C24H26ClFN4O3/c1-13-21(25)14(2)30-22(27-13)18-11-29(12-19(18)28-30)23(31)17-5-4-15(26)10-20(17)33-16-6-8-24(3,32)9-7-16/h4-5,10,16,32H,6-9,11-12H2,1-3H3/t16-,24+. The second kappa shape index (κ2) is 7.95. The van der Waals surface area contributed by atoms with Gasteiger partial charge in [0.05, 0.1) is 52.5 Å². The lowest BCUT2D eigenvalue weighted by atomic mass is 9.85. The predicted molar refractivity (Wildman–Crippen MR) is 121 cm³/mol. The Bertz CT molecular complexity index is 1260. The molecule has 2 aromatic heterocycles. The van der Waals surface area contributed by atoms with Gasteiger partial charge in [-0.1, -0.05) is 11.6 Å². The molecule has 3 heterocycles. The van der Waals surface area contributed by atoms with E-state index in [1.54, 1.807) is 9.42 Å². The van der Waals surface area contributed by atoms with E-state index in [0.29, 0.717) is 55.0 Å². The molecule has 1 aliphatic heterocycles. The highest BCUT2D eigenvalue weighted by Gasteiger charge is 2.33. The van der Waals surface area contributed by atoms with Crippen LogP contribution in [0.3, 0.4) is 0 Å². The van der Waals surface area contributed by atoms with Crippen molar-refractivity contribution in [3.8, 4) is 5.75 Å². The van der Waals surface area contributed by atoms with E-state index in [-0.39, 0.29) is 17.8 Å². The van der Waals surface area contributed by atoms with Crippen LogP contribution in [0.25, 0.3) is 5.65 Å². The van der Waals surface area contributed by atoms with Crippen LogP contribution in [-0.2, 0) is 13.1 Å². The van der Waals surface area contributed by atoms with Crippen LogP contribution < -0.4 is 4.74 Å². The first-order chi connectivity index (χ1) is 15.6. The summed E-state index contributed by atoms with van der Waals surface area (Å²) in [6.07, 6.45) is 2.34. The monoisotopic (exact) mass is 472 g/mol. The SMILES string of the molecule is Cc1nc2c3c(nn2c(C)c1Cl)CN(C(=O)c1ccc(F)cc1O[C@H]1CC[C@@](C)(O)CC1)C3. The van der Waals surface area contributed by atoms with Gasteiger partial charge in [0.2, 0.25) is 0 Å². The fourth-order valence-corrected chi connectivity index (χ4v) is 4.83. The highest BCUT2D eigenvalue weighted by molar-refractivity contribution is 6.31. The molecule has 1 amide bonds. The lowest BCUT2D eigenvalue weighted by Crippen LogP contribution is -2.35. The van der Waals surface area contributed by atoms with Crippen LogP contribution in [0.2, 0.25) is 5.02 Å². The summed E-state index contributed by atoms with van der Waals surface area (Å²) in [6.45, 7) is 6.24. The molecule has 33 heavy (non-hydrogen) atoms. The van der Waals surface area contributed by atoms with Gasteiger partial charge in [-0.05, 0) is 58.6 Å². The smallest absolute Gasteiger partial charge is 0.258 e. The summed E-state index contributed by atoms with van der Waals surface area (Å²) >= 11 is 6.32. The number of aromatic nitrogens is 3. The molecule has 0 bridgehead atoms. The Balaban J connectivity index is 1.39. The predicted octanol–water partition coefficient (Wildman–Crippen LogP) is 4.37. The molecular weight excluding hydrogens is 447 g/mol. The molecular formula is C24H26ClFN4O3. The summed E-state index contributed by atoms with van der Waals surface area (Å²) in [5, 5.41) is 15.4. The number of carbonyl (C=O) groups is 1. The minimum Gasteiger partial charge on any atom is -0.489 e. The average Bonchev–Trinajstić information content (AvgIpc) is 3.32. The Morgan fingerprint density at radius 3 is 2.73 bits per heavy atom. The van der Waals surface area contributed by atoms with E-state index in [4.69, 9.17) is 16.3 Å². The number of halogens is 2. The molecule has 2 aliphatic rings. The Hall–Kier alpha value is -2.71. The molecule has 1 saturated carbocycles. The van der Waals surface area contributed by atoms with Crippen LogP contribution in [-0.4, -0.2) is 42.2 Å². The van der Waals surface area contributed by atoms with Crippen molar-refractivity contribution in [2.24, 2.45) is 0 Å². The largest absolute Gasteiger partial charge is 0.489 e. The lowest BCUT2D eigenvalue weighted by Gasteiger charge is -2.33. The molecule has 0 atom stereocenters. The summed E-state index contributed by atoms with van der Waals surface area (Å²) in [6, 6.07) is 4.01. The molecule has 0 saturated heterocycles. The number of amides is 1. The second-order valence-corrected chi connectivity index (χ2v) is 9.75. The first kappa shape index (κ1) is 22.1. The first-order valence-electron chi connectivity index (χ1n) is 11.1. The zero-order valence-electron chi connectivity index (χ0n) is 18.9. The van der Waals surface area contributed by atoms with Gasteiger partial charge >= 0.3 is 0 Å². The maximum atomic E-state index is 14.0. The maximum absolute atomic E-state index is 14.0. The van der Waals surface area contributed by atoms with E-state index < -0.39 is 11.4 Å². The third-order valence-electron chi connectivity index (χ3n) is 6.72.